The first-order chi connectivity index (χ1) is 18.7. The van der Waals surface area contributed by atoms with Crippen LogP contribution in [0.2, 0.25) is 0 Å². The lowest BCUT2D eigenvalue weighted by Crippen LogP contribution is -2.55. The quantitative estimate of drug-likeness (QED) is 0.233. The fourth-order valence-electron chi connectivity index (χ4n) is 2.89. The Hall–Kier alpha value is -4.77. The summed E-state index contributed by atoms with van der Waals surface area (Å²) in [4.78, 5) is 33.8. The first-order valence-corrected chi connectivity index (χ1v) is 13.1. The predicted octanol–water partition coefficient (Wildman–Crippen LogP) is 2.40. The van der Waals surface area contributed by atoms with Crippen LogP contribution in [0.3, 0.4) is 0 Å². The lowest BCUT2D eigenvalue weighted by atomic mass is 10.2. The van der Waals surface area contributed by atoms with Gasteiger partial charge in [0.15, 0.2) is 0 Å². The Morgan fingerprint density at radius 3 is 1.77 bits per heavy atom. The van der Waals surface area contributed by atoms with Crippen molar-refractivity contribution in [1.82, 2.24) is 40.9 Å². The van der Waals surface area contributed by atoms with Gasteiger partial charge in [-0.3, -0.25) is 5.43 Å². The van der Waals surface area contributed by atoms with Crippen LogP contribution in [-0.4, -0.2) is 79.6 Å². The number of amides is 4. The van der Waals surface area contributed by atoms with Gasteiger partial charge in [0.05, 0.1) is 17.0 Å². The second kappa shape index (κ2) is 15.6. The van der Waals surface area contributed by atoms with E-state index in [1.807, 2.05) is 42.1 Å². The lowest BCUT2D eigenvalue weighted by molar-refractivity contribution is -0.0351. The minimum absolute atomic E-state index is 0.0573. The molecule has 16 nitrogen and oxygen atoms in total. The molecule has 17 heteroatoms. The number of urea groups is 1. The van der Waals surface area contributed by atoms with Gasteiger partial charge in [0.2, 0.25) is 5.82 Å². The van der Waals surface area contributed by atoms with Gasteiger partial charge in [0.1, 0.15) is 0 Å². The molecule has 0 aliphatic carbocycles. The number of carbonyl (C=O) groups is 3. The highest BCUT2D eigenvalue weighted by Crippen LogP contribution is 2.11. The summed E-state index contributed by atoms with van der Waals surface area (Å²) in [6.45, 7) is 8.31. The van der Waals surface area contributed by atoms with Crippen molar-refractivity contribution in [2.45, 2.75) is 51.6 Å². The van der Waals surface area contributed by atoms with E-state index in [1.54, 1.807) is 45.3 Å². The zero-order valence-electron chi connectivity index (χ0n) is 22.5. The maximum absolute atomic E-state index is 11.5. The van der Waals surface area contributed by atoms with Gasteiger partial charge < -0.3 is 15.9 Å². The number of aromatic nitrogens is 4. The summed E-state index contributed by atoms with van der Waals surface area (Å²) in [6.07, 6.45) is -2.53. The Kier molecular flexibility index (Phi) is 13.0. The number of benzene rings is 2. The standard InChI is InChI=1S/C8H11N3O3S.C8H16N2O4.C7H6N4/c1-6-2-4-7(5-3-6)15(13,14)11-10-8(9)12;1-5(2)9(7(11)12)10(6(3)4)8(13)14;1-2-4-6(5-3-1)7-8-10-11-9-7/h2-5,11H,1H3,(H3,9,10,12);5-6H,1-4H3,(H,11,12)(H,13,14);1-5H,(H,8,9,10,11). The zero-order chi connectivity index (χ0) is 30.5. The van der Waals surface area contributed by atoms with Gasteiger partial charge in [-0.25, -0.2) is 32.8 Å². The van der Waals surface area contributed by atoms with E-state index in [-0.39, 0.29) is 4.90 Å². The van der Waals surface area contributed by atoms with Crippen molar-refractivity contribution >= 4 is 28.2 Å². The summed E-state index contributed by atoms with van der Waals surface area (Å²) in [5, 5.41) is 32.8. The molecule has 1 aromatic heterocycles. The first-order valence-electron chi connectivity index (χ1n) is 11.6. The molecule has 0 radical (unpaired) electrons. The number of H-pyrrole nitrogens is 1. The maximum Gasteiger partial charge on any atom is 0.426 e. The van der Waals surface area contributed by atoms with Crippen molar-refractivity contribution in [2.75, 3.05) is 0 Å². The number of hydrogen-bond acceptors (Lipinski definition) is 8. The van der Waals surface area contributed by atoms with Crippen LogP contribution >= 0.6 is 0 Å². The number of carboxylic acid groups (broad SMARTS) is 2. The molecule has 7 N–H and O–H groups in total. The summed E-state index contributed by atoms with van der Waals surface area (Å²) < 4.78 is 22.9. The van der Waals surface area contributed by atoms with Gasteiger partial charge >= 0.3 is 18.2 Å². The molecule has 0 fully saturated rings. The molecule has 1 heterocycles. The minimum Gasteiger partial charge on any atom is -0.464 e. The lowest BCUT2D eigenvalue weighted by Gasteiger charge is -2.35. The largest absolute Gasteiger partial charge is 0.464 e. The summed E-state index contributed by atoms with van der Waals surface area (Å²) in [7, 11) is -3.73. The van der Waals surface area contributed by atoms with Crippen LogP contribution in [0.1, 0.15) is 33.3 Å². The molecule has 0 spiro atoms. The Morgan fingerprint density at radius 1 is 0.900 bits per heavy atom. The highest BCUT2D eigenvalue weighted by atomic mass is 32.2. The average molecular weight is 580 g/mol. The fourth-order valence-corrected chi connectivity index (χ4v) is 3.74. The molecule has 40 heavy (non-hydrogen) atoms. The van der Waals surface area contributed by atoms with Crippen molar-refractivity contribution in [2.24, 2.45) is 5.73 Å². The molecular formula is C23H33N9O7S. The number of tetrazole rings is 1. The van der Waals surface area contributed by atoms with E-state index >= 15 is 0 Å². The van der Waals surface area contributed by atoms with Crippen molar-refractivity contribution in [1.29, 1.82) is 0 Å². The van der Waals surface area contributed by atoms with Crippen LogP contribution in [0, 0.1) is 6.92 Å². The number of aryl methyl sites for hydroxylation is 1. The SMILES string of the molecule is CC(C)N(C(=O)O)N(C(=O)O)C(C)C.Cc1ccc(S(=O)(=O)NNC(N)=O)cc1.c1ccc(-c2nn[nH]n2)cc1. The third kappa shape index (κ3) is 10.9. The van der Waals surface area contributed by atoms with Crippen molar-refractivity contribution < 1.29 is 33.0 Å². The molecule has 218 valence electrons. The monoisotopic (exact) mass is 579 g/mol. The van der Waals surface area contributed by atoms with Gasteiger partial charge in [0, 0.05) is 5.56 Å². The van der Waals surface area contributed by atoms with Gasteiger partial charge in [-0.15, -0.1) is 15.0 Å². The summed E-state index contributed by atoms with van der Waals surface area (Å²) in [5.74, 6) is 0.630. The number of hydrogen-bond donors (Lipinski definition) is 6. The summed E-state index contributed by atoms with van der Waals surface area (Å²) in [5.41, 5.74) is 8.44. The van der Waals surface area contributed by atoms with E-state index in [4.69, 9.17) is 15.9 Å². The molecule has 0 aliphatic heterocycles. The van der Waals surface area contributed by atoms with E-state index in [0.717, 1.165) is 21.1 Å². The predicted molar refractivity (Wildman–Crippen MR) is 144 cm³/mol. The number of aromatic amines is 1. The van der Waals surface area contributed by atoms with Crippen molar-refractivity contribution in [3.05, 3.63) is 60.2 Å². The van der Waals surface area contributed by atoms with Gasteiger partial charge in [0.25, 0.3) is 10.0 Å². The molecule has 3 aromatic rings. The Morgan fingerprint density at radius 2 is 1.40 bits per heavy atom. The van der Waals surface area contributed by atoms with Gasteiger partial charge in [-0.2, -0.15) is 5.21 Å². The topological polar surface area (TPSA) is 237 Å². The number of nitrogens with one attached hydrogen (secondary N) is 3. The minimum atomic E-state index is -3.73. The molecule has 3 rings (SSSR count). The molecule has 2 aromatic carbocycles. The maximum atomic E-state index is 11.5. The highest BCUT2D eigenvalue weighted by molar-refractivity contribution is 7.89. The summed E-state index contributed by atoms with van der Waals surface area (Å²) >= 11 is 0. The third-order valence-electron chi connectivity index (χ3n) is 4.62. The molecule has 0 atom stereocenters. The van der Waals surface area contributed by atoms with Gasteiger partial charge in [-0.05, 0) is 52.0 Å². The second-order valence-corrected chi connectivity index (χ2v) is 10.1. The first kappa shape index (κ1) is 33.3. The Balaban J connectivity index is 0.000000303. The van der Waals surface area contributed by atoms with Crippen LogP contribution in [0.4, 0.5) is 14.4 Å². The number of nitrogens with zero attached hydrogens (tertiary/aromatic N) is 5. The average Bonchev–Trinajstić information content (AvgIpc) is 3.42. The van der Waals surface area contributed by atoms with Crippen LogP contribution < -0.4 is 16.0 Å². The van der Waals surface area contributed by atoms with E-state index in [9.17, 15) is 22.8 Å². The number of primary amides is 1. The molecule has 0 saturated heterocycles. The fraction of sp³-hybridized carbons (Fsp3) is 0.304. The molecule has 0 bridgehead atoms. The molecular weight excluding hydrogens is 546 g/mol. The van der Waals surface area contributed by atoms with Crippen molar-refractivity contribution in [3.63, 3.8) is 0 Å². The molecule has 0 unspecified atom stereocenters. The van der Waals surface area contributed by atoms with Crippen LogP contribution in [0.5, 0.6) is 0 Å². The highest BCUT2D eigenvalue weighted by Gasteiger charge is 2.30. The zero-order valence-corrected chi connectivity index (χ0v) is 23.3. The van der Waals surface area contributed by atoms with Gasteiger partial charge in [-0.1, -0.05) is 48.0 Å². The van der Waals surface area contributed by atoms with E-state index < -0.39 is 40.3 Å². The van der Waals surface area contributed by atoms with E-state index in [2.05, 4.69) is 20.6 Å². The summed E-state index contributed by atoms with van der Waals surface area (Å²) in [6, 6.07) is 14.1. The Bertz CT molecular complexity index is 1290. The smallest absolute Gasteiger partial charge is 0.426 e. The van der Waals surface area contributed by atoms with E-state index in [1.165, 1.54) is 12.1 Å². The molecule has 0 aliphatic rings. The molecule has 4 amide bonds. The van der Waals surface area contributed by atoms with Crippen LogP contribution in [0.15, 0.2) is 59.5 Å². The number of sulfonamides is 1. The Labute approximate surface area is 231 Å². The number of nitrogens with two attached hydrogens (primary N) is 1. The van der Waals surface area contributed by atoms with Crippen LogP contribution in [-0.2, 0) is 10.0 Å². The van der Waals surface area contributed by atoms with E-state index in [0.29, 0.717) is 5.82 Å². The normalized spacial score (nSPS) is 10.5. The van der Waals surface area contributed by atoms with Crippen molar-refractivity contribution in [3.8, 4) is 11.4 Å². The molecule has 0 saturated carbocycles. The number of hydrazine groups is 2. The second-order valence-electron chi connectivity index (χ2n) is 8.45. The van der Waals surface area contributed by atoms with Crippen LogP contribution in [0.25, 0.3) is 11.4 Å². The number of rotatable bonds is 6. The number of carbonyl (C=O) groups excluding carboxylic acids is 1. The third-order valence-corrected chi connectivity index (χ3v) is 5.88.